The van der Waals surface area contributed by atoms with Gasteiger partial charge in [0.15, 0.2) is 0 Å². The zero-order chi connectivity index (χ0) is 27.8. The van der Waals surface area contributed by atoms with E-state index < -0.39 is 11.9 Å². The normalized spacial score (nSPS) is 11.2. The first-order valence-electron chi connectivity index (χ1n) is 11.8. The molecule has 0 bridgehead atoms. The quantitative estimate of drug-likeness (QED) is 0.248. The molecule has 0 aliphatic heterocycles. The van der Waals surface area contributed by atoms with Crippen molar-refractivity contribution in [2.45, 2.75) is 26.4 Å². The molecule has 3 aromatic rings. The van der Waals surface area contributed by atoms with E-state index in [0.717, 1.165) is 0 Å². The average Bonchev–Trinajstić information content (AvgIpc) is 2.93. The van der Waals surface area contributed by atoms with E-state index in [0.29, 0.717) is 40.8 Å². The van der Waals surface area contributed by atoms with Crippen LogP contribution in [-0.2, 0) is 4.74 Å². The minimum Gasteiger partial charge on any atom is -0.497 e. The highest BCUT2D eigenvalue weighted by Gasteiger charge is 2.23. The summed E-state index contributed by atoms with van der Waals surface area (Å²) in [7, 11) is 6.05. The van der Waals surface area contributed by atoms with E-state index in [1.165, 1.54) is 40.6 Å². The summed E-state index contributed by atoms with van der Waals surface area (Å²) >= 11 is 0. The molecule has 0 amide bonds. The molecule has 1 unspecified atom stereocenters. The van der Waals surface area contributed by atoms with Crippen molar-refractivity contribution in [2.24, 2.45) is 0 Å². The molecule has 3 rings (SSSR count). The number of ether oxygens (including phenoxy) is 5. The van der Waals surface area contributed by atoms with Gasteiger partial charge in [0.25, 0.3) is 0 Å². The molecule has 3 N–H and O–H groups in total. The molecular weight excluding hydrogens is 492 g/mol. The number of anilines is 4. The van der Waals surface area contributed by atoms with Crippen molar-refractivity contribution in [1.29, 1.82) is 0 Å². The number of rotatable bonds is 12. The Bertz CT molecular complexity index is 1310. The topological polar surface area (TPSA) is 125 Å². The number of hydrogen-bond donors (Lipinski definition) is 3. The van der Waals surface area contributed by atoms with Crippen LogP contribution >= 0.6 is 0 Å². The van der Waals surface area contributed by atoms with Gasteiger partial charge < -0.3 is 39.4 Å². The van der Waals surface area contributed by atoms with Gasteiger partial charge in [0.05, 0.1) is 68.4 Å². The van der Waals surface area contributed by atoms with Crippen LogP contribution < -0.4 is 29.6 Å². The smallest absolute Gasteiger partial charge is 0.340 e. The number of benzene rings is 3. The first kappa shape index (κ1) is 28.0. The first-order valence-corrected chi connectivity index (χ1v) is 11.8. The van der Waals surface area contributed by atoms with Gasteiger partial charge >= 0.3 is 11.9 Å². The van der Waals surface area contributed by atoms with Crippen molar-refractivity contribution in [3.63, 3.8) is 0 Å². The summed E-state index contributed by atoms with van der Waals surface area (Å²) in [6.45, 7) is 3.68. The zero-order valence-electron chi connectivity index (χ0n) is 22.2. The summed E-state index contributed by atoms with van der Waals surface area (Å²) in [4.78, 5) is 25.5. The highest BCUT2D eigenvalue weighted by atomic mass is 16.5. The molecule has 0 radical (unpaired) electrons. The average molecular weight is 525 g/mol. The largest absolute Gasteiger partial charge is 0.497 e. The van der Waals surface area contributed by atoms with Gasteiger partial charge in [-0.05, 0) is 49.7 Å². The predicted molar refractivity (Wildman–Crippen MR) is 144 cm³/mol. The zero-order valence-corrected chi connectivity index (χ0v) is 22.2. The molecule has 0 spiro atoms. The van der Waals surface area contributed by atoms with E-state index in [1.807, 2.05) is 6.92 Å². The van der Waals surface area contributed by atoms with Crippen LogP contribution in [0.5, 0.6) is 23.0 Å². The monoisotopic (exact) mass is 524 g/mol. The molecule has 1 atom stereocenters. The number of esters is 1. The Morgan fingerprint density at radius 2 is 1.21 bits per heavy atom. The lowest BCUT2D eigenvalue weighted by Gasteiger charge is -2.20. The lowest BCUT2D eigenvalue weighted by Crippen LogP contribution is -2.17. The number of carbonyl (C=O) groups is 2. The molecule has 0 aliphatic carbocycles. The van der Waals surface area contributed by atoms with Crippen LogP contribution in [0.25, 0.3) is 0 Å². The van der Waals surface area contributed by atoms with Gasteiger partial charge in [-0.25, -0.2) is 9.59 Å². The molecule has 0 aliphatic rings. The van der Waals surface area contributed by atoms with Crippen LogP contribution in [-0.4, -0.2) is 51.6 Å². The fraction of sp³-hybridized carbons (Fsp3) is 0.286. The Labute approximate surface area is 221 Å². The van der Waals surface area contributed by atoms with Crippen molar-refractivity contribution >= 4 is 34.7 Å². The number of carboxylic acids is 1. The molecule has 0 aromatic heterocycles. The highest BCUT2D eigenvalue weighted by molar-refractivity contribution is 6.04. The highest BCUT2D eigenvalue weighted by Crippen LogP contribution is 2.37. The number of carbonyl (C=O) groups excluding carboxylic acids is 1. The Morgan fingerprint density at radius 3 is 1.63 bits per heavy atom. The Morgan fingerprint density at radius 1 is 0.737 bits per heavy atom. The van der Waals surface area contributed by atoms with Gasteiger partial charge in [0.1, 0.15) is 23.0 Å². The van der Waals surface area contributed by atoms with Crippen molar-refractivity contribution in [3.8, 4) is 23.0 Å². The van der Waals surface area contributed by atoms with Gasteiger partial charge in [-0.3, -0.25) is 0 Å². The minimum atomic E-state index is -1.20. The molecule has 10 heteroatoms. The Hall–Kier alpha value is -4.60. The fourth-order valence-corrected chi connectivity index (χ4v) is 3.58. The molecule has 3 aromatic carbocycles. The van der Waals surface area contributed by atoms with Crippen molar-refractivity contribution < 1.29 is 38.4 Å². The summed E-state index contributed by atoms with van der Waals surface area (Å²) < 4.78 is 27.0. The number of hydrogen-bond acceptors (Lipinski definition) is 9. The maximum absolute atomic E-state index is 13.2. The fourth-order valence-electron chi connectivity index (χ4n) is 3.58. The molecule has 10 nitrogen and oxygen atoms in total. The Balaban J connectivity index is 2.15. The van der Waals surface area contributed by atoms with Gasteiger partial charge in [-0.15, -0.1) is 0 Å². The number of carboxylic acid groups (broad SMARTS) is 1. The molecule has 0 heterocycles. The molecule has 0 fully saturated rings. The van der Waals surface area contributed by atoms with Gasteiger partial charge in [0, 0.05) is 12.1 Å². The summed E-state index contributed by atoms with van der Waals surface area (Å²) in [5.74, 6) is 0.185. The SMILES string of the molecule is CCC(C)OC(=O)c1cc(Nc2ccc(OC)cc2OC)c(C(=O)O)cc1Nc1ccc(OC)cc1OC. The first-order chi connectivity index (χ1) is 18.2. The third kappa shape index (κ3) is 6.39. The van der Waals surface area contributed by atoms with Crippen LogP contribution in [0, 0.1) is 0 Å². The van der Waals surface area contributed by atoms with E-state index in [9.17, 15) is 14.7 Å². The summed E-state index contributed by atoms with van der Waals surface area (Å²) in [5.41, 5.74) is 1.42. The van der Waals surface area contributed by atoms with Crippen molar-refractivity contribution in [1.82, 2.24) is 0 Å². The van der Waals surface area contributed by atoms with Gasteiger partial charge in [0.2, 0.25) is 0 Å². The number of aromatic carboxylic acids is 1. The minimum absolute atomic E-state index is 0.0852. The van der Waals surface area contributed by atoms with Crippen LogP contribution in [0.1, 0.15) is 41.0 Å². The van der Waals surface area contributed by atoms with E-state index in [-0.39, 0.29) is 28.6 Å². The second kappa shape index (κ2) is 12.6. The summed E-state index contributed by atoms with van der Waals surface area (Å²) in [6, 6.07) is 13.0. The van der Waals surface area contributed by atoms with Crippen molar-refractivity contribution in [2.75, 3.05) is 39.1 Å². The van der Waals surface area contributed by atoms with Crippen LogP contribution in [0.3, 0.4) is 0 Å². The third-order valence-electron chi connectivity index (χ3n) is 5.85. The standard InChI is InChI=1S/C28H32N2O8/c1-7-16(2)38-28(33)20-15-23(29-21-10-8-17(34-3)12-25(21)36-5)19(27(31)32)14-24(20)30-22-11-9-18(35-4)13-26(22)37-6/h8-16,29-30H,7H2,1-6H3,(H,31,32). The molecule has 202 valence electrons. The van der Waals surface area contributed by atoms with Crippen molar-refractivity contribution in [3.05, 3.63) is 59.7 Å². The number of nitrogens with one attached hydrogen (secondary N) is 2. The summed E-state index contributed by atoms with van der Waals surface area (Å²) in [6.07, 6.45) is 0.269. The van der Waals surface area contributed by atoms with Crippen LogP contribution in [0.15, 0.2) is 48.5 Å². The Kier molecular flexibility index (Phi) is 9.26. The second-order valence-electron chi connectivity index (χ2n) is 8.26. The van der Waals surface area contributed by atoms with Crippen LogP contribution in [0.2, 0.25) is 0 Å². The van der Waals surface area contributed by atoms with E-state index >= 15 is 0 Å². The van der Waals surface area contributed by atoms with Crippen LogP contribution in [0.4, 0.5) is 22.7 Å². The molecular formula is C28H32N2O8. The van der Waals surface area contributed by atoms with E-state index in [2.05, 4.69) is 10.6 Å². The number of methoxy groups -OCH3 is 4. The van der Waals surface area contributed by atoms with Gasteiger partial charge in [-0.1, -0.05) is 6.92 Å². The van der Waals surface area contributed by atoms with E-state index in [1.54, 1.807) is 43.3 Å². The lowest BCUT2D eigenvalue weighted by molar-refractivity contribution is 0.0335. The molecule has 0 saturated heterocycles. The van der Waals surface area contributed by atoms with E-state index in [4.69, 9.17) is 23.7 Å². The maximum atomic E-state index is 13.2. The third-order valence-corrected chi connectivity index (χ3v) is 5.85. The van der Waals surface area contributed by atoms with Gasteiger partial charge in [-0.2, -0.15) is 0 Å². The summed E-state index contributed by atoms with van der Waals surface area (Å²) in [5, 5.41) is 16.3. The second-order valence-corrected chi connectivity index (χ2v) is 8.26. The molecule has 0 saturated carbocycles. The molecule has 38 heavy (non-hydrogen) atoms. The maximum Gasteiger partial charge on any atom is 0.340 e. The predicted octanol–water partition coefficient (Wildman–Crippen LogP) is 5.86. The lowest BCUT2D eigenvalue weighted by atomic mass is 10.0.